The zero-order valence-electron chi connectivity index (χ0n) is 9.53. The molecule has 0 radical (unpaired) electrons. The van der Waals surface area contributed by atoms with Gasteiger partial charge >= 0.3 is 5.97 Å². The molecule has 7 nitrogen and oxygen atoms in total. The fraction of sp³-hybridized carbons (Fsp3) is 0.300. The summed E-state index contributed by atoms with van der Waals surface area (Å²) in [6.07, 6.45) is -1.79. The van der Waals surface area contributed by atoms with Gasteiger partial charge in [-0.15, -0.1) is 0 Å². The first-order chi connectivity index (χ1) is 8.36. The number of carbonyl (C=O) groups is 1. The molecular formula is C10H13NO6S. The maximum Gasteiger partial charge on any atom is 0.333 e. The van der Waals surface area contributed by atoms with Gasteiger partial charge in [-0.2, -0.15) is 0 Å². The van der Waals surface area contributed by atoms with Crippen LogP contribution in [-0.4, -0.2) is 44.4 Å². The van der Waals surface area contributed by atoms with Crippen LogP contribution in [0.2, 0.25) is 0 Å². The predicted octanol–water partition coefficient (Wildman–Crippen LogP) is -0.581. The third kappa shape index (κ3) is 3.69. The van der Waals surface area contributed by atoms with Gasteiger partial charge in [0.05, 0.1) is 12.0 Å². The van der Waals surface area contributed by atoms with Crippen molar-refractivity contribution in [3.05, 3.63) is 24.3 Å². The van der Waals surface area contributed by atoms with Gasteiger partial charge in [0.15, 0.2) is 6.10 Å². The first-order valence-electron chi connectivity index (χ1n) is 4.91. The molecule has 0 aliphatic carbocycles. The van der Waals surface area contributed by atoms with Crippen molar-refractivity contribution < 1.29 is 28.2 Å². The van der Waals surface area contributed by atoms with E-state index in [1.165, 1.54) is 25.3 Å². The van der Waals surface area contributed by atoms with E-state index in [4.69, 9.17) is 14.9 Å². The number of ether oxygens (including phenoxy) is 1. The highest BCUT2D eigenvalue weighted by atomic mass is 32.2. The number of aliphatic carboxylic acids is 1. The van der Waals surface area contributed by atoms with Crippen molar-refractivity contribution in [2.75, 3.05) is 13.7 Å². The SMILES string of the molecule is COc1cccc(S(=O)(=O)NC[C@H](O)C(=O)O)c1. The van der Waals surface area contributed by atoms with Gasteiger partial charge in [-0.1, -0.05) is 6.07 Å². The van der Waals surface area contributed by atoms with Crippen molar-refractivity contribution in [2.45, 2.75) is 11.0 Å². The number of nitrogens with one attached hydrogen (secondary N) is 1. The first-order valence-corrected chi connectivity index (χ1v) is 6.39. The molecule has 1 aromatic carbocycles. The van der Waals surface area contributed by atoms with Crippen LogP contribution in [0.15, 0.2) is 29.2 Å². The van der Waals surface area contributed by atoms with E-state index in [1.807, 2.05) is 4.72 Å². The molecule has 0 fully saturated rings. The van der Waals surface area contributed by atoms with Crippen LogP contribution in [0.4, 0.5) is 0 Å². The summed E-state index contributed by atoms with van der Waals surface area (Å²) in [6, 6.07) is 5.68. The number of aliphatic hydroxyl groups excluding tert-OH is 1. The van der Waals surface area contributed by atoms with Gasteiger partial charge in [-0.25, -0.2) is 17.9 Å². The van der Waals surface area contributed by atoms with Crippen molar-refractivity contribution in [1.29, 1.82) is 0 Å². The maximum absolute atomic E-state index is 11.8. The Kier molecular flexibility index (Phi) is 4.65. The number of sulfonamides is 1. The molecule has 0 amide bonds. The fourth-order valence-electron chi connectivity index (χ4n) is 1.13. The second-order valence-corrected chi connectivity index (χ2v) is 5.15. The molecule has 3 N–H and O–H groups in total. The highest BCUT2D eigenvalue weighted by molar-refractivity contribution is 7.89. The molecule has 8 heteroatoms. The van der Waals surface area contributed by atoms with Gasteiger partial charge < -0.3 is 14.9 Å². The highest BCUT2D eigenvalue weighted by Gasteiger charge is 2.19. The minimum absolute atomic E-state index is 0.0700. The molecule has 18 heavy (non-hydrogen) atoms. The number of carboxylic acids is 1. The summed E-state index contributed by atoms with van der Waals surface area (Å²) in [5.41, 5.74) is 0. The number of carboxylic acid groups (broad SMARTS) is 1. The standard InChI is InChI=1S/C10H13NO6S/c1-17-7-3-2-4-8(5-7)18(15,16)11-6-9(12)10(13)14/h2-5,9,11-12H,6H2,1H3,(H,13,14)/t9-/m0/s1. The van der Waals surface area contributed by atoms with Crippen LogP contribution in [0.3, 0.4) is 0 Å². The molecular weight excluding hydrogens is 262 g/mol. The second kappa shape index (κ2) is 5.80. The minimum atomic E-state index is -3.87. The molecule has 0 spiro atoms. The lowest BCUT2D eigenvalue weighted by Gasteiger charge is -2.09. The molecule has 0 bridgehead atoms. The zero-order chi connectivity index (χ0) is 13.8. The monoisotopic (exact) mass is 275 g/mol. The van der Waals surface area contributed by atoms with Crippen LogP contribution in [0, 0.1) is 0 Å². The van der Waals surface area contributed by atoms with E-state index in [0.717, 1.165) is 0 Å². The molecule has 0 unspecified atom stereocenters. The molecule has 0 aromatic heterocycles. The molecule has 100 valence electrons. The van der Waals surface area contributed by atoms with Gasteiger partial charge in [-0.05, 0) is 12.1 Å². The first kappa shape index (κ1) is 14.4. The number of methoxy groups -OCH3 is 1. The number of hydrogen-bond donors (Lipinski definition) is 3. The van der Waals surface area contributed by atoms with Crippen molar-refractivity contribution in [3.8, 4) is 5.75 Å². The Morgan fingerprint density at radius 2 is 2.17 bits per heavy atom. The van der Waals surface area contributed by atoms with Crippen LogP contribution < -0.4 is 9.46 Å². The summed E-state index contributed by atoms with van der Waals surface area (Å²) >= 11 is 0. The van der Waals surface area contributed by atoms with E-state index >= 15 is 0 Å². The van der Waals surface area contributed by atoms with E-state index in [0.29, 0.717) is 5.75 Å². The van der Waals surface area contributed by atoms with Gasteiger partial charge in [0.2, 0.25) is 10.0 Å². The fourth-order valence-corrected chi connectivity index (χ4v) is 2.20. The normalized spacial score (nSPS) is 13.0. The van der Waals surface area contributed by atoms with Gasteiger partial charge in [-0.3, -0.25) is 0 Å². The van der Waals surface area contributed by atoms with E-state index in [2.05, 4.69) is 0 Å². The molecule has 0 saturated carbocycles. The third-order valence-corrected chi connectivity index (χ3v) is 3.52. The van der Waals surface area contributed by atoms with Crippen LogP contribution in [0.25, 0.3) is 0 Å². The van der Waals surface area contributed by atoms with E-state index in [-0.39, 0.29) is 4.90 Å². The lowest BCUT2D eigenvalue weighted by atomic mass is 10.3. The van der Waals surface area contributed by atoms with E-state index in [1.54, 1.807) is 6.07 Å². The summed E-state index contributed by atoms with van der Waals surface area (Å²) in [7, 11) is -2.48. The Bertz CT molecular complexity index is 527. The zero-order valence-corrected chi connectivity index (χ0v) is 10.3. The Hall–Kier alpha value is -1.64. The molecule has 1 aromatic rings. The van der Waals surface area contributed by atoms with Crippen molar-refractivity contribution in [2.24, 2.45) is 0 Å². The summed E-state index contributed by atoms with van der Waals surface area (Å²) < 4.78 is 30.4. The summed E-state index contributed by atoms with van der Waals surface area (Å²) in [5, 5.41) is 17.4. The van der Waals surface area contributed by atoms with Crippen LogP contribution >= 0.6 is 0 Å². The average molecular weight is 275 g/mol. The lowest BCUT2D eigenvalue weighted by Crippen LogP contribution is -2.36. The molecule has 0 aliphatic rings. The number of aliphatic hydroxyl groups is 1. The number of rotatable bonds is 6. The van der Waals surface area contributed by atoms with Crippen LogP contribution in [0.1, 0.15) is 0 Å². The Balaban J connectivity index is 2.83. The second-order valence-electron chi connectivity index (χ2n) is 3.38. The molecule has 0 saturated heterocycles. The van der Waals surface area contributed by atoms with Gasteiger partial charge in [0, 0.05) is 12.6 Å². The summed E-state index contributed by atoms with van der Waals surface area (Å²) in [4.78, 5) is 10.3. The number of benzene rings is 1. The highest BCUT2D eigenvalue weighted by Crippen LogP contribution is 2.16. The molecule has 1 atom stereocenters. The summed E-state index contributed by atoms with van der Waals surface area (Å²) in [5.74, 6) is -1.14. The Morgan fingerprint density at radius 1 is 1.50 bits per heavy atom. The van der Waals surface area contributed by atoms with Crippen LogP contribution in [0.5, 0.6) is 5.75 Å². The quantitative estimate of drug-likeness (QED) is 0.640. The van der Waals surface area contributed by atoms with Gasteiger partial charge in [0.1, 0.15) is 5.75 Å². The topological polar surface area (TPSA) is 113 Å². The molecule has 0 aliphatic heterocycles. The van der Waals surface area contributed by atoms with Crippen molar-refractivity contribution in [1.82, 2.24) is 4.72 Å². The molecule has 0 heterocycles. The number of hydrogen-bond acceptors (Lipinski definition) is 5. The predicted molar refractivity (Wildman–Crippen MR) is 61.8 cm³/mol. The lowest BCUT2D eigenvalue weighted by molar-refractivity contribution is -0.146. The van der Waals surface area contributed by atoms with E-state index < -0.39 is 28.6 Å². The molecule has 1 rings (SSSR count). The van der Waals surface area contributed by atoms with E-state index in [9.17, 15) is 13.2 Å². The average Bonchev–Trinajstić information content (AvgIpc) is 2.36. The van der Waals surface area contributed by atoms with Crippen molar-refractivity contribution >= 4 is 16.0 Å². The summed E-state index contributed by atoms with van der Waals surface area (Å²) in [6.45, 7) is -0.602. The third-order valence-electron chi connectivity index (χ3n) is 2.10. The van der Waals surface area contributed by atoms with Gasteiger partial charge in [0.25, 0.3) is 0 Å². The van der Waals surface area contributed by atoms with Crippen LogP contribution in [-0.2, 0) is 14.8 Å². The smallest absolute Gasteiger partial charge is 0.333 e. The minimum Gasteiger partial charge on any atom is -0.497 e. The Morgan fingerprint density at radius 3 is 2.72 bits per heavy atom. The largest absolute Gasteiger partial charge is 0.497 e. The van der Waals surface area contributed by atoms with Crippen molar-refractivity contribution in [3.63, 3.8) is 0 Å². The maximum atomic E-state index is 11.8. The Labute approximate surface area is 104 Å².